The van der Waals surface area contributed by atoms with Gasteiger partial charge in [-0.2, -0.15) is 0 Å². The first kappa shape index (κ1) is 12.0. The first-order valence-electron chi connectivity index (χ1n) is 6.38. The number of rotatable bonds is 4. The molecule has 0 aromatic carbocycles. The standard InChI is InChI=1S/C13H27N/c1-5-14-11(4)13-8-6-12(7-9-13)10(2)3/h10-14H,5-9H2,1-4H3. The maximum absolute atomic E-state index is 3.56. The molecular weight excluding hydrogens is 170 g/mol. The van der Waals surface area contributed by atoms with E-state index in [0.29, 0.717) is 0 Å². The molecule has 1 heteroatoms. The van der Waals surface area contributed by atoms with Crippen molar-refractivity contribution in [2.75, 3.05) is 6.54 Å². The van der Waals surface area contributed by atoms with Crippen LogP contribution in [0.4, 0.5) is 0 Å². The third-order valence-corrected chi connectivity index (χ3v) is 3.99. The molecule has 14 heavy (non-hydrogen) atoms. The topological polar surface area (TPSA) is 12.0 Å². The summed E-state index contributed by atoms with van der Waals surface area (Å²) in [5, 5.41) is 3.56. The molecule has 84 valence electrons. The van der Waals surface area contributed by atoms with Crippen molar-refractivity contribution in [3.63, 3.8) is 0 Å². The molecule has 1 aliphatic rings. The number of hydrogen-bond donors (Lipinski definition) is 1. The zero-order valence-electron chi connectivity index (χ0n) is 10.3. The van der Waals surface area contributed by atoms with Crippen LogP contribution in [0.25, 0.3) is 0 Å². The second-order valence-electron chi connectivity index (χ2n) is 5.27. The predicted molar refractivity (Wildman–Crippen MR) is 63.4 cm³/mol. The summed E-state index contributed by atoms with van der Waals surface area (Å²) in [5.74, 6) is 2.83. The summed E-state index contributed by atoms with van der Waals surface area (Å²) in [5.41, 5.74) is 0. The molecule has 0 aromatic heterocycles. The largest absolute Gasteiger partial charge is 0.314 e. The highest BCUT2D eigenvalue weighted by molar-refractivity contribution is 4.80. The maximum Gasteiger partial charge on any atom is 0.00668 e. The third-order valence-electron chi connectivity index (χ3n) is 3.99. The predicted octanol–water partition coefficient (Wildman–Crippen LogP) is 3.45. The SMILES string of the molecule is CCNC(C)C1CCC(C(C)C)CC1. The van der Waals surface area contributed by atoms with Gasteiger partial charge >= 0.3 is 0 Å². The smallest absolute Gasteiger partial charge is 0.00668 e. The van der Waals surface area contributed by atoms with E-state index in [2.05, 4.69) is 33.0 Å². The van der Waals surface area contributed by atoms with Gasteiger partial charge in [0.25, 0.3) is 0 Å². The lowest BCUT2D eigenvalue weighted by Gasteiger charge is -2.34. The first-order chi connectivity index (χ1) is 6.65. The summed E-state index contributed by atoms with van der Waals surface area (Å²) >= 11 is 0. The van der Waals surface area contributed by atoms with E-state index in [1.807, 2.05) is 0 Å². The van der Waals surface area contributed by atoms with Gasteiger partial charge < -0.3 is 5.32 Å². The van der Waals surface area contributed by atoms with E-state index in [-0.39, 0.29) is 0 Å². The van der Waals surface area contributed by atoms with Crippen molar-refractivity contribution in [3.8, 4) is 0 Å². The molecule has 1 rings (SSSR count). The lowest BCUT2D eigenvalue weighted by Crippen LogP contribution is -2.36. The van der Waals surface area contributed by atoms with Gasteiger partial charge in [0, 0.05) is 6.04 Å². The summed E-state index contributed by atoms with van der Waals surface area (Å²) in [6.07, 6.45) is 5.80. The molecule has 0 radical (unpaired) electrons. The molecule has 0 amide bonds. The fourth-order valence-electron chi connectivity index (χ4n) is 2.80. The molecule has 1 saturated carbocycles. The molecule has 1 atom stereocenters. The van der Waals surface area contributed by atoms with Gasteiger partial charge in [0.15, 0.2) is 0 Å². The van der Waals surface area contributed by atoms with Crippen LogP contribution in [-0.4, -0.2) is 12.6 Å². The first-order valence-corrected chi connectivity index (χ1v) is 6.38. The summed E-state index contributed by atoms with van der Waals surface area (Å²) < 4.78 is 0. The lowest BCUT2D eigenvalue weighted by molar-refractivity contribution is 0.195. The second kappa shape index (κ2) is 5.75. The van der Waals surface area contributed by atoms with Crippen molar-refractivity contribution in [1.82, 2.24) is 5.32 Å². The fourth-order valence-corrected chi connectivity index (χ4v) is 2.80. The van der Waals surface area contributed by atoms with Crippen LogP contribution in [0.5, 0.6) is 0 Å². The monoisotopic (exact) mass is 197 g/mol. The molecule has 0 aliphatic heterocycles. The molecule has 0 saturated heterocycles. The molecule has 1 nitrogen and oxygen atoms in total. The van der Waals surface area contributed by atoms with Gasteiger partial charge in [0.2, 0.25) is 0 Å². The Morgan fingerprint density at radius 1 is 1.00 bits per heavy atom. The van der Waals surface area contributed by atoms with E-state index in [0.717, 1.165) is 30.3 Å². The molecule has 0 bridgehead atoms. The van der Waals surface area contributed by atoms with Crippen molar-refractivity contribution in [2.24, 2.45) is 17.8 Å². The van der Waals surface area contributed by atoms with Crippen LogP contribution in [0, 0.1) is 17.8 Å². The summed E-state index contributed by atoms with van der Waals surface area (Å²) in [6, 6.07) is 0.730. The van der Waals surface area contributed by atoms with E-state index >= 15 is 0 Å². The van der Waals surface area contributed by atoms with Crippen molar-refractivity contribution < 1.29 is 0 Å². The molecule has 0 aromatic rings. The quantitative estimate of drug-likeness (QED) is 0.728. The Morgan fingerprint density at radius 3 is 1.93 bits per heavy atom. The van der Waals surface area contributed by atoms with Gasteiger partial charge in [-0.15, -0.1) is 0 Å². The summed E-state index contributed by atoms with van der Waals surface area (Å²) in [6.45, 7) is 10.4. The Hall–Kier alpha value is -0.0400. The lowest BCUT2D eigenvalue weighted by atomic mass is 9.75. The summed E-state index contributed by atoms with van der Waals surface area (Å²) in [7, 11) is 0. The van der Waals surface area contributed by atoms with Crippen molar-refractivity contribution in [2.45, 2.75) is 59.4 Å². The van der Waals surface area contributed by atoms with Crippen molar-refractivity contribution in [3.05, 3.63) is 0 Å². The minimum atomic E-state index is 0.730. The van der Waals surface area contributed by atoms with Crippen LogP contribution in [0.2, 0.25) is 0 Å². The van der Waals surface area contributed by atoms with Gasteiger partial charge in [0.1, 0.15) is 0 Å². The Kier molecular flexibility index (Phi) is 4.94. The molecule has 1 N–H and O–H groups in total. The van der Waals surface area contributed by atoms with Gasteiger partial charge in [-0.3, -0.25) is 0 Å². The number of nitrogens with one attached hydrogen (secondary N) is 1. The highest BCUT2D eigenvalue weighted by Gasteiger charge is 2.25. The highest BCUT2D eigenvalue weighted by Crippen LogP contribution is 2.34. The molecule has 1 unspecified atom stereocenters. The molecule has 1 aliphatic carbocycles. The minimum absolute atomic E-state index is 0.730. The second-order valence-corrected chi connectivity index (χ2v) is 5.27. The van der Waals surface area contributed by atoms with E-state index in [9.17, 15) is 0 Å². The molecule has 0 heterocycles. The van der Waals surface area contributed by atoms with Crippen LogP contribution in [-0.2, 0) is 0 Å². The van der Waals surface area contributed by atoms with Crippen molar-refractivity contribution >= 4 is 0 Å². The highest BCUT2D eigenvalue weighted by atomic mass is 14.9. The average molecular weight is 197 g/mol. The van der Waals surface area contributed by atoms with Gasteiger partial charge in [-0.25, -0.2) is 0 Å². The summed E-state index contributed by atoms with van der Waals surface area (Å²) in [4.78, 5) is 0. The molecule has 1 fully saturated rings. The third kappa shape index (κ3) is 3.27. The van der Waals surface area contributed by atoms with Crippen LogP contribution < -0.4 is 5.32 Å². The molecule has 0 spiro atoms. The van der Waals surface area contributed by atoms with Gasteiger partial charge in [-0.1, -0.05) is 20.8 Å². The van der Waals surface area contributed by atoms with Gasteiger partial charge in [-0.05, 0) is 56.9 Å². The maximum atomic E-state index is 3.56. The average Bonchev–Trinajstić information content (AvgIpc) is 2.18. The van der Waals surface area contributed by atoms with Crippen LogP contribution >= 0.6 is 0 Å². The number of hydrogen-bond acceptors (Lipinski definition) is 1. The van der Waals surface area contributed by atoms with Crippen LogP contribution in [0.1, 0.15) is 53.4 Å². The van der Waals surface area contributed by atoms with E-state index in [4.69, 9.17) is 0 Å². The van der Waals surface area contributed by atoms with Crippen molar-refractivity contribution in [1.29, 1.82) is 0 Å². The van der Waals surface area contributed by atoms with E-state index in [1.54, 1.807) is 0 Å². The van der Waals surface area contributed by atoms with Crippen LogP contribution in [0.3, 0.4) is 0 Å². The zero-order chi connectivity index (χ0) is 10.6. The Bertz CT molecular complexity index is 145. The minimum Gasteiger partial charge on any atom is -0.314 e. The Labute approximate surface area is 89.7 Å². The fraction of sp³-hybridized carbons (Fsp3) is 1.00. The van der Waals surface area contributed by atoms with Crippen LogP contribution in [0.15, 0.2) is 0 Å². The molecular formula is C13H27N. The van der Waals surface area contributed by atoms with E-state index < -0.39 is 0 Å². The van der Waals surface area contributed by atoms with Gasteiger partial charge in [0.05, 0.1) is 0 Å². The zero-order valence-corrected chi connectivity index (χ0v) is 10.3. The Balaban J connectivity index is 2.28. The normalized spacial score (nSPS) is 30.6. The Morgan fingerprint density at radius 2 is 1.50 bits per heavy atom. The van der Waals surface area contributed by atoms with E-state index in [1.165, 1.54) is 25.7 Å².